The fourth-order valence-corrected chi connectivity index (χ4v) is 3.10. The van der Waals surface area contributed by atoms with Gasteiger partial charge in [0.15, 0.2) is 11.5 Å². The molecule has 1 fully saturated rings. The molecule has 2 atom stereocenters. The van der Waals surface area contributed by atoms with Gasteiger partial charge in [0.1, 0.15) is 0 Å². The molecule has 0 aliphatic carbocycles. The van der Waals surface area contributed by atoms with Crippen LogP contribution < -0.4 is 25.6 Å². The van der Waals surface area contributed by atoms with Crippen LogP contribution in [0.4, 0.5) is 0 Å². The second-order valence-corrected chi connectivity index (χ2v) is 5.88. The van der Waals surface area contributed by atoms with E-state index in [4.69, 9.17) is 9.47 Å². The van der Waals surface area contributed by atoms with E-state index in [-0.39, 0.29) is 18.4 Å². The molecule has 3 N–H and O–H groups in total. The first-order chi connectivity index (χ1) is 11.4. The molecular weight excluding hydrogens is 330 g/mol. The number of fused-ring (bicyclic) bond motifs is 1. The first-order valence-electron chi connectivity index (χ1n) is 7.94. The molecule has 0 saturated carbocycles. The van der Waals surface area contributed by atoms with Crippen molar-refractivity contribution in [3.63, 3.8) is 0 Å². The second kappa shape index (κ2) is 7.85. The van der Waals surface area contributed by atoms with E-state index in [0.717, 1.165) is 37.7 Å². The molecule has 2 aliphatic rings. The van der Waals surface area contributed by atoms with Gasteiger partial charge in [-0.1, -0.05) is 6.07 Å². The standard InChI is InChI=1S/C16H21N5O2.ClH/c1-2-14-15(23-11-22-14)7-12(1)16-13(9-19-20-16)8-17-3-5-21-6-4-18-10-21;/h1-2,4,6-7,10,13,16-17,19-20H,3,5,8-9,11H2;1H. The van der Waals surface area contributed by atoms with E-state index in [1.807, 2.05) is 18.6 Å². The highest BCUT2D eigenvalue weighted by Crippen LogP contribution is 2.36. The van der Waals surface area contributed by atoms with Gasteiger partial charge >= 0.3 is 0 Å². The van der Waals surface area contributed by atoms with Crippen LogP contribution in [0.2, 0.25) is 0 Å². The second-order valence-electron chi connectivity index (χ2n) is 5.88. The molecule has 4 rings (SSSR count). The molecule has 0 spiro atoms. The van der Waals surface area contributed by atoms with Gasteiger partial charge < -0.3 is 19.4 Å². The number of rotatable bonds is 6. The lowest BCUT2D eigenvalue weighted by Crippen LogP contribution is -2.30. The van der Waals surface area contributed by atoms with Gasteiger partial charge in [0.05, 0.1) is 12.4 Å². The lowest BCUT2D eigenvalue weighted by Gasteiger charge is -2.19. The number of nitrogens with zero attached hydrogens (tertiary/aromatic N) is 2. The Hall–Kier alpha value is -1.80. The van der Waals surface area contributed by atoms with E-state index in [1.165, 1.54) is 5.56 Å². The predicted octanol–water partition coefficient (Wildman–Crippen LogP) is 1.09. The number of halogens is 1. The van der Waals surface area contributed by atoms with Gasteiger partial charge in [0.25, 0.3) is 0 Å². The summed E-state index contributed by atoms with van der Waals surface area (Å²) in [5, 5.41) is 3.53. The lowest BCUT2D eigenvalue weighted by molar-refractivity contribution is 0.174. The molecule has 1 saturated heterocycles. The highest BCUT2D eigenvalue weighted by molar-refractivity contribution is 5.85. The highest BCUT2D eigenvalue weighted by Gasteiger charge is 2.29. The Morgan fingerprint density at radius 1 is 1.29 bits per heavy atom. The van der Waals surface area contributed by atoms with Crippen molar-refractivity contribution in [1.82, 2.24) is 25.7 Å². The van der Waals surface area contributed by atoms with Gasteiger partial charge in [-0.25, -0.2) is 10.4 Å². The van der Waals surface area contributed by atoms with Crippen molar-refractivity contribution in [2.24, 2.45) is 5.92 Å². The fraction of sp³-hybridized carbons (Fsp3) is 0.438. The van der Waals surface area contributed by atoms with Gasteiger partial charge in [0.2, 0.25) is 6.79 Å². The number of hydrazine groups is 1. The Morgan fingerprint density at radius 3 is 3.08 bits per heavy atom. The van der Waals surface area contributed by atoms with Gasteiger partial charge in [-0.2, -0.15) is 0 Å². The maximum Gasteiger partial charge on any atom is 0.231 e. The molecule has 130 valence electrons. The maximum atomic E-state index is 5.48. The van der Waals surface area contributed by atoms with Crippen LogP contribution in [0.25, 0.3) is 0 Å². The molecule has 8 heteroatoms. The zero-order chi connectivity index (χ0) is 15.5. The molecule has 0 radical (unpaired) electrons. The molecule has 2 aromatic rings. The van der Waals surface area contributed by atoms with Crippen LogP contribution in [0.3, 0.4) is 0 Å². The third-order valence-corrected chi connectivity index (χ3v) is 4.36. The van der Waals surface area contributed by atoms with Crippen molar-refractivity contribution in [3.8, 4) is 11.5 Å². The summed E-state index contributed by atoms with van der Waals surface area (Å²) in [5.74, 6) is 2.15. The van der Waals surface area contributed by atoms with E-state index >= 15 is 0 Å². The van der Waals surface area contributed by atoms with E-state index in [2.05, 4.69) is 37.9 Å². The topological polar surface area (TPSA) is 72.4 Å². The summed E-state index contributed by atoms with van der Waals surface area (Å²) < 4.78 is 12.9. The summed E-state index contributed by atoms with van der Waals surface area (Å²) in [5.41, 5.74) is 7.86. The SMILES string of the molecule is Cl.c1cn(CCNCC2CNNC2c2ccc3c(c2)OCO3)cn1. The van der Waals surface area contributed by atoms with Crippen molar-refractivity contribution in [1.29, 1.82) is 0 Å². The number of hydrogen-bond acceptors (Lipinski definition) is 6. The van der Waals surface area contributed by atoms with Crippen molar-refractivity contribution >= 4 is 12.4 Å². The summed E-state index contributed by atoms with van der Waals surface area (Å²) in [6.45, 7) is 4.07. The van der Waals surface area contributed by atoms with Gasteiger partial charge in [-0.3, -0.25) is 5.43 Å². The first kappa shape index (κ1) is 17.0. The van der Waals surface area contributed by atoms with Crippen LogP contribution in [0.15, 0.2) is 36.9 Å². The Balaban J connectivity index is 0.00000169. The minimum atomic E-state index is 0. The molecule has 1 aromatic carbocycles. The highest BCUT2D eigenvalue weighted by atomic mass is 35.5. The maximum absolute atomic E-state index is 5.48. The van der Waals surface area contributed by atoms with Crippen LogP contribution in [0.5, 0.6) is 11.5 Å². The van der Waals surface area contributed by atoms with Crippen molar-refractivity contribution in [2.75, 3.05) is 26.4 Å². The quantitative estimate of drug-likeness (QED) is 0.677. The van der Waals surface area contributed by atoms with E-state index in [9.17, 15) is 0 Å². The number of benzene rings is 1. The third kappa shape index (κ3) is 3.64. The zero-order valence-electron chi connectivity index (χ0n) is 13.3. The van der Waals surface area contributed by atoms with Gasteiger partial charge in [-0.05, 0) is 17.7 Å². The summed E-state index contributed by atoms with van der Waals surface area (Å²) >= 11 is 0. The minimum absolute atomic E-state index is 0. The zero-order valence-corrected chi connectivity index (χ0v) is 14.1. The van der Waals surface area contributed by atoms with Crippen molar-refractivity contribution < 1.29 is 9.47 Å². The van der Waals surface area contributed by atoms with Crippen LogP contribution in [0.1, 0.15) is 11.6 Å². The fourth-order valence-electron chi connectivity index (χ4n) is 3.10. The van der Waals surface area contributed by atoms with Crippen LogP contribution >= 0.6 is 12.4 Å². The Labute approximate surface area is 147 Å². The van der Waals surface area contributed by atoms with Gasteiger partial charge in [-0.15, -0.1) is 12.4 Å². The van der Waals surface area contributed by atoms with E-state index in [0.29, 0.717) is 12.7 Å². The first-order valence-corrected chi connectivity index (χ1v) is 7.94. The van der Waals surface area contributed by atoms with Crippen LogP contribution in [0, 0.1) is 5.92 Å². The number of nitrogens with one attached hydrogen (secondary N) is 3. The molecule has 0 bridgehead atoms. The summed E-state index contributed by atoms with van der Waals surface area (Å²) in [6.07, 6.45) is 5.63. The molecule has 1 aromatic heterocycles. The average molecular weight is 352 g/mol. The van der Waals surface area contributed by atoms with Crippen LogP contribution in [-0.2, 0) is 6.54 Å². The normalized spacial score (nSPS) is 21.7. The summed E-state index contributed by atoms with van der Waals surface area (Å²) in [7, 11) is 0. The molecule has 7 nitrogen and oxygen atoms in total. The Morgan fingerprint density at radius 2 is 2.21 bits per heavy atom. The average Bonchev–Trinajstić information content (AvgIpc) is 3.31. The molecule has 0 amide bonds. The Kier molecular flexibility index (Phi) is 5.57. The minimum Gasteiger partial charge on any atom is -0.454 e. The molecular formula is C16H22ClN5O2. The van der Waals surface area contributed by atoms with Crippen molar-refractivity contribution in [2.45, 2.75) is 12.6 Å². The summed E-state index contributed by atoms with van der Waals surface area (Å²) in [4.78, 5) is 4.05. The predicted molar refractivity (Wildman–Crippen MR) is 92.3 cm³/mol. The molecule has 24 heavy (non-hydrogen) atoms. The Bertz CT molecular complexity index is 652. The van der Waals surface area contributed by atoms with Gasteiger partial charge in [0, 0.05) is 44.5 Å². The molecule has 3 heterocycles. The number of ether oxygens (including phenoxy) is 2. The lowest BCUT2D eigenvalue weighted by atomic mass is 9.94. The van der Waals surface area contributed by atoms with E-state index < -0.39 is 0 Å². The van der Waals surface area contributed by atoms with Crippen LogP contribution in [-0.4, -0.2) is 36.0 Å². The number of imidazole rings is 1. The molecule has 2 unspecified atom stereocenters. The van der Waals surface area contributed by atoms with E-state index in [1.54, 1.807) is 6.20 Å². The number of hydrogen-bond donors (Lipinski definition) is 3. The molecule has 2 aliphatic heterocycles. The van der Waals surface area contributed by atoms with Crippen molar-refractivity contribution in [3.05, 3.63) is 42.5 Å². The monoisotopic (exact) mass is 351 g/mol. The smallest absolute Gasteiger partial charge is 0.231 e. The largest absolute Gasteiger partial charge is 0.454 e. The third-order valence-electron chi connectivity index (χ3n) is 4.36. The number of aromatic nitrogens is 2. The summed E-state index contributed by atoms with van der Waals surface area (Å²) in [6, 6.07) is 6.44.